The summed E-state index contributed by atoms with van der Waals surface area (Å²) in [6.45, 7) is 2.20. The van der Waals surface area contributed by atoms with E-state index < -0.39 is 6.61 Å². The van der Waals surface area contributed by atoms with E-state index in [4.69, 9.17) is 9.47 Å². The highest BCUT2D eigenvalue weighted by Gasteiger charge is 2.21. The maximum absolute atomic E-state index is 12.3. The van der Waals surface area contributed by atoms with Crippen LogP contribution >= 0.6 is 0 Å². The van der Waals surface area contributed by atoms with Crippen LogP contribution in [0.5, 0.6) is 17.2 Å². The summed E-state index contributed by atoms with van der Waals surface area (Å²) in [4.78, 5) is 0. The monoisotopic (exact) mass is 398 g/mol. The first-order valence-corrected chi connectivity index (χ1v) is 9.37. The lowest BCUT2D eigenvalue weighted by Gasteiger charge is -2.25. The molecule has 0 aliphatic rings. The Bertz CT molecular complexity index is 894. The largest absolute Gasteiger partial charge is 0.457 e. The Kier molecular flexibility index (Phi) is 6.83. The summed E-state index contributed by atoms with van der Waals surface area (Å²) in [5, 5.41) is 0. The molecule has 0 atom stereocenters. The zero-order valence-corrected chi connectivity index (χ0v) is 16.5. The third-order valence-electron chi connectivity index (χ3n) is 4.47. The molecule has 0 aliphatic heterocycles. The number of hydrogen-bond donors (Lipinski definition) is 0. The third-order valence-corrected chi connectivity index (χ3v) is 4.47. The molecule has 152 valence electrons. The van der Waals surface area contributed by atoms with Gasteiger partial charge in [-0.25, -0.2) is 0 Å². The van der Waals surface area contributed by atoms with Crippen LogP contribution in [-0.2, 0) is 16.8 Å². The van der Waals surface area contributed by atoms with Gasteiger partial charge >= 0.3 is 6.61 Å². The fourth-order valence-corrected chi connectivity index (χ4v) is 2.92. The topological polar surface area (TPSA) is 27.7 Å². The Hall–Kier alpha value is -2.92. The first kappa shape index (κ1) is 20.8. The number of ether oxygens (including phenoxy) is 3. The third kappa shape index (κ3) is 6.29. The van der Waals surface area contributed by atoms with Gasteiger partial charge in [-0.2, -0.15) is 8.78 Å². The van der Waals surface area contributed by atoms with E-state index in [-0.39, 0.29) is 11.2 Å². The minimum atomic E-state index is -2.82. The molecule has 0 unspecified atom stereocenters. The Labute approximate surface area is 169 Å². The lowest BCUT2D eigenvalue weighted by molar-refractivity contribution is -0.0498. The van der Waals surface area contributed by atoms with Gasteiger partial charge in [0.1, 0.15) is 17.2 Å². The Morgan fingerprint density at radius 3 is 2.17 bits per heavy atom. The van der Waals surface area contributed by atoms with Gasteiger partial charge in [-0.3, -0.25) is 0 Å². The number of alkyl halides is 2. The van der Waals surface area contributed by atoms with Gasteiger partial charge in [0.25, 0.3) is 0 Å². The second-order valence-corrected chi connectivity index (χ2v) is 7.34. The van der Waals surface area contributed by atoms with Crippen molar-refractivity contribution < 1.29 is 23.0 Å². The maximum Gasteiger partial charge on any atom is 0.387 e. The van der Waals surface area contributed by atoms with Gasteiger partial charge in [-0.05, 0) is 47.5 Å². The molecule has 3 aromatic rings. The second kappa shape index (κ2) is 9.52. The Morgan fingerprint density at radius 1 is 0.793 bits per heavy atom. The number of hydrogen-bond acceptors (Lipinski definition) is 3. The van der Waals surface area contributed by atoms with E-state index in [0.29, 0.717) is 13.2 Å². The molecular formula is C24H24F2O3. The minimum Gasteiger partial charge on any atom is -0.457 e. The Balaban J connectivity index is 1.55. The first-order valence-electron chi connectivity index (χ1n) is 9.37. The van der Waals surface area contributed by atoms with Crippen molar-refractivity contribution in [3.63, 3.8) is 0 Å². The molecule has 0 fully saturated rings. The standard InChI is InChI=1S/C24H24F2O3/c1-24(2,19-11-13-21(14-12-19)29-23(25)26)17-27-16-18-7-6-10-22(15-18)28-20-8-4-3-5-9-20/h3-15,23H,16-17H2,1-2H3. The fraction of sp³-hybridized carbons (Fsp3) is 0.250. The van der Waals surface area contributed by atoms with Gasteiger partial charge in [0, 0.05) is 5.41 Å². The van der Waals surface area contributed by atoms with Crippen LogP contribution in [0, 0.1) is 0 Å². The average Bonchev–Trinajstić information content (AvgIpc) is 2.69. The second-order valence-electron chi connectivity index (χ2n) is 7.34. The van der Waals surface area contributed by atoms with E-state index in [9.17, 15) is 8.78 Å². The fourth-order valence-electron chi connectivity index (χ4n) is 2.92. The van der Waals surface area contributed by atoms with Crippen LogP contribution in [0.15, 0.2) is 78.9 Å². The predicted molar refractivity (Wildman–Crippen MR) is 109 cm³/mol. The van der Waals surface area contributed by atoms with Crippen LogP contribution in [-0.4, -0.2) is 13.2 Å². The van der Waals surface area contributed by atoms with Gasteiger partial charge in [0.15, 0.2) is 0 Å². The van der Waals surface area contributed by atoms with Crippen molar-refractivity contribution in [2.24, 2.45) is 0 Å². The summed E-state index contributed by atoms with van der Waals surface area (Å²) in [5.41, 5.74) is 1.72. The molecule has 0 bridgehead atoms. The summed E-state index contributed by atoms with van der Waals surface area (Å²) in [6.07, 6.45) is 0. The van der Waals surface area contributed by atoms with E-state index in [1.807, 2.05) is 68.4 Å². The summed E-state index contributed by atoms with van der Waals surface area (Å²) in [6, 6.07) is 24.1. The average molecular weight is 398 g/mol. The van der Waals surface area contributed by atoms with E-state index in [2.05, 4.69) is 4.74 Å². The van der Waals surface area contributed by atoms with Crippen molar-refractivity contribution in [3.05, 3.63) is 90.0 Å². The van der Waals surface area contributed by atoms with Crippen LogP contribution in [0.4, 0.5) is 8.78 Å². The van der Waals surface area contributed by atoms with Crippen molar-refractivity contribution in [1.82, 2.24) is 0 Å². The number of rotatable bonds is 9. The molecule has 0 heterocycles. The van der Waals surface area contributed by atoms with Gasteiger partial charge < -0.3 is 14.2 Å². The zero-order chi connectivity index (χ0) is 20.7. The van der Waals surface area contributed by atoms with Gasteiger partial charge in [0.05, 0.1) is 13.2 Å². The number of benzene rings is 3. The molecule has 3 nitrogen and oxygen atoms in total. The van der Waals surface area contributed by atoms with Gasteiger partial charge in [-0.1, -0.05) is 56.3 Å². The normalized spacial score (nSPS) is 11.5. The maximum atomic E-state index is 12.3. The summed E-state index contributed by atoms with van der Waals surface area (Å²) in [7, 11) is 0. The smallest absolute Gasteiger partial charge is 0.387 e. The Morgan fingerprint density at radius 2 is 1.48 bits per heavy atom. The zero-order valence-electron chi connectivity index (χ0n) is 16.5. The number of halogens is 2. The highest BCUT2D eigenvalue weighted by atomic mass is 19.3. The lowest BCUT2D eigenvalue weighted by Crippen LogP contribution is -2.24. The lowest BCUT2D eigenvalue weighted by atomic mass is 9.85. The molecule has 3 rings (SSSR count). The van der Waals surface area contributed by atoms with Crippen molar-refractivity contribution in [2.45, 2.75) is 32.5 Å². The molecule has 0 aliphatic carbocycles. The van der Waals surface area contributed by atoms with Crippen molar-refractivity contribution >= 4 is 0 Å². The van der Waals surface area contributed by atoms with Gasteiger partial charge in [0.2, 0.25) is 0 Å². The van der Waals surface area contributed by atoms with Crippen molar-refractivity contribution in [2.75, 3.05) is 6.61 Å². The minimum absolute atomic E-state index is 0.149. The van der Waals surface area contributed by atoms with E-state index >= 15 is 0 Å². The summed E-state index contributed by atoms with van der Waals surface area (Å²) >= 11 is 0. The molecule has 0 N–H and O–H groups in total. The van der Waals surface area contributed by atoms with Crippen LogP contribution in [0.2, 0.25) is 0 Å². The molecule has 0 saturated carbocycles. The first-order chi connectivity index (χ1) is 13.9. The van der Waals surface area contributed by atoms with Crippen molar-refractivity contribution in [1.29, 1.82) is 0 Å². The number of para-hydroxylation sites is 1. The molecular weight excluding hydrogens is 374 g/mol. The highest BCUT2D eigenvalue weighted by Crippen LogP contribution is 2.27. The van der Waals surface area contributed by atoms with Gasteiger partial charge in [-0.15, -0.1) is 0 Å². The van der Waals surface area contributed by atoms with Crippen LogP contribution in [0.3, 0.4) is 0 Å². The van der Waals surface area contributed by atoms with Crippen LogP contribution < -0.4 is 9.47 Å². The predicted octanol–water partition coefficient (Wildman–Crippen LogP) is 6.57. The molecule has 0 amide bonds. The van der Waals surface area contributed by atoms with E-state index in [1.165, 1.54) is 0 Å². The van der Waals surface area contributed by atoms with Crippen LogP contribution in [0.25, 0.3) is 0 Å². The van der Waals surface area contributed by atoms with E-state index in [1.54, 1.807) is 24.3 Å². The molecule has 0 aromatic heterocycles. The highest BCUT2D eigenvalue weighted by molar-refractivity contribution is 5.34. The molecule has 29 heavy (non-hydrogen) atoms. The molecule has 3 aromatic carbocycles. The van der Waals surface area contributed by atoms with Crippen LogP contribution in [0.1, 0.15) is 25.0 Å². The van der Waals surface area contributed by atoms with Crippen molar-refractivity contribution in [3.8, 4) is 17.2 Å². The summed E-state index contributed by atoms with van der Waals surface area (Å²) in [5.74, 6) is 1.69. The molecule has 0 saturated heterocycles. The molecule has 5 heteroatoms. The molecule has 0 radical (unpaired) electrons. The summed E-state index contributed by atoms with van der Waals surface area (Å²) < 4.78 is 40.7. The van der Waals surface area contributed by atoms with E-state index in [0.717, 1.165) is 22.6 Å². The quantitative estimate of drug-likeness (QED) is 0.408. The SMILES string of the molecule is CC(C)(COCc1cccc(Oc2ccccc2)c1)c1ccc(OC(F)F)cc1. The molecule has 0 spiro atoms.